The fourth-order valence-electron chi connectivity index (χ4n) is 7.71. The predicted octanol–water partition coefficient (Wildman–Crippen LogP) is -9.47. The summed E-state index contributed by atoms with van der Waals surface area (Å²) >= 11 is 0. The molecule has 5 unspecified atom stereocenters. The minimum Gasteiger partial charge on any atom is -0.504 e. The molecule has 2 fully saturated rings. The van der Waals surface area contributed by atoms with E-state index in [1.807, 2.05) is 5.32 Å². The first-order chi connectivity index (χ1) is 33.2. The number of rotatable bonds is 21. The molecule has 34 nitrogen and oxygen atoms in total. The smallest absolute Gasteiger partial charge is 0.386 e. The highest BCUT2D eigenvalue weighted by molar-refractivity contribution is 5.93. The van der Waals surface area contributed by atoms with E-state index >= 15 is 0 Å². The number of carbonyl (C=O) groups excluding carboxylic acids is 3. The van der Waals surface area contributed by atoms with Crippen molar-refractivity contribution < 1.29 is 156 Å². The summed E-state index contributed by atoms with van der Waals surface area (Å²) in [5.74, 6) is -50.0. The third-order valence-electron chi connectivity index (χ3n) is 11.3. The minimum atomic E-state index is -4.60. The number of phenols is 8. The Bertz CT molecular complexity index is 2480. The van der Waals surface area contributed by atoms with Crippen molar-refractivity contribution >= 4 is 17.7 Å². The van der Waals surface area contributed by atoms with Gasteiger partial charge in [0.05, 0.1) is 12.1 Å². The number of amides is 3. The number of hydrogen-bond acceptors (Lipinski definition) is 31. The molecule has 2 aliphatic heterocycles. The monoisotopic (exact) mass is 1060 g/mol. The van der Waals surface area contributed by atoms with Crippen LogP contribution in [0.3, 0.4) is 0 Å². The minimum absolute atomic E-state index is 0.0659. The molecule has 0 aromatic heterocycles. The van der Waals surface area contributed by atoms with Gasteiger partial charge < -0.3 is 153 Å². The maximum Gasteiger partial charge on any atom is 0.386 e. The van der Waals surface area contributed by atoms with Gasteiger partial charge in [-0.15, -0.1) is 0 Å². The summed E-state index contributed by atoms with van der Waals surface area (Å²) in [7, 11) is 0. The lowest BCUT2D eigenvalue weighted by atomic mass is 9.83. The van der Waals surface area contributed by atoms with Crippen LogP contribution in [0, 0.1) is 5.92 Å². The zero-order valence-corrected chi connectivity index (χ0v) is 36.6. The van der Waals surface area contributed by atoms with Crippen LogP contribution in [-0.2, 0) is 43.2 Å². The number of Topliss-reactive ketones (excluding diaryl/α,β-unsaturated/α-hetero) is 1. The summed E-state index contributed by atoms with van der Waals surface area (Å²) in [6, 6.07) is 2.68. The molecule has 2 saturated heterocycles. The molecule has 3 aromatic carbocycles. The maximum absolute atomic E-state index is 14.5. The zero-order valence-electron chi connectivity index (χ0n) is 36.6. The summed E-state index contributed by atoms with van der Waals surface area (Å²) in [6.07, 6.45) is -12.3. The molecule has 0 aliphatic carbocycles. The Morgan fingerprint density at radius 2 is 1.18 bits per heavy atom. The standard InChI is InChI=1S/C39H49N3O31/c43-14(13(9-12-5-2-1-3-6-12)10-16(44)39(69,70)72-28-18(35(57,58)59)22(47)24(49)23(48)19(28)36(60,61)62)11-15(34(55,56)17-20(45)25(50)27(52)26(51)21(17)46)41-30(53)33(42-8-4-7-40-32(42)54)31(73-33)71-29(37(63,64)65)38(66,67)68/h1-3,5-6,13-15,29,31,43,45-52,55-70H,4,7-11H2,(H,40,54)(H,41,53). The molecule has 2 aliphatic rings. The highest BCUT2D eigenvalue weighted by atomic mass is 16.8. The Kier molecular flexibility index (Phi) is 15.5. The molecule has 0 saturated carbocycles. The van der Waals surface area contributed by atoms with Gasteiger partial charge in [0.25, 0.3) is 11.6 Å². The SMILES string of the molecule is O=C1NCCCN1C1(C(=O)NC(CC(O)C(CC(=O)C(O)(O)Oc2c(C(O)(O)O)c(O)c(O)c(O)c2C(O)(O)O)Cc2ccccc2)C(O)(O)c2c(O)c(O)c(O)c(O)c2O)OC1OC(C(O)(O)O)C(O)(O)O. The fraction of sp³-hybridized carbons (Fsp3) is 0.462. The summed E-state index contributed by atoms with van der Waals surface area (Å²) in [6.45, 7) is -0.634. The van der Waals surface area contributed by atoms with E-state index < -0.39 is 184 Å². The van der Waals surface area contributed by atoms with Crippen LogP contribution in [0.25, 0.3) is 0 Å². The van der Waals surface area contributed by atoms with Crippen LogP contribution in [0.4, 0.5) is 4.79 Å². The quantitative estimate of drug-likeness (QED) is 0.0204. The van der Waals surface area contributed by atoms with Crippen molar-refractivity contribution in [1.29, 1.82) is 0 Å². The van der Waals surface area contributed by atoms with Gasteiger partial charge in [0.1, 0.15) is 16.7 Å². The van der Waals surface area contributed by atoms with Gasteiger partial charge in [-0.25, -0.2) is 4.79 Å². The van der Waals surface area contributed by atoms with E-state index in [2.05, 4.69) is 10.1 Å². The van der Waals surface area contributed by atoms with Crippen LogP contribution >= 0.6 is 0 Å². The number of aromatic hydroxyl groups is 8. The van der Waals surface area contributed by atoms with E-state index in [0.29, 0.717) is 4.90 Å². The predicted molar refractivity (Wildman–Crippen MR) is 219 cm³/mol. The number of nitrogens with one attached hydrogen (secondary N) is 2. The molecule has 73 heavy (non-hydrogen) atoms. The van der Waals surface area contributed by atoms with Crippen molar-refractivity contribution in [2.24, 2.45) is 5.92 Å². The van der Waals surface area contributed by atoms with E-state index in [0.717, 1.165) is 0 Å². The Hall–Kier alpha value is -6.49. The van der Waals surface area contributed by atoms with Crippen LogP contribution in [0.1, 0.15) is 41.5 Å². The van der Waals surface area contributed by atoms with E-state index in [9.17, 15) is 142 Å². The Labute approximate surface area is 404 Å². The first-order valence-electron chi connectivity index (χ1n) is 20.5. The first kappa shape index (κ1) is 57.4. The van der Waals surface area contributed by atoms with Gasteiger partial charge in [-0.2, -0.15) is 0 Å². The molecule has 406 valence electrons. The van der Waals surface area contributed by atoms with Crippen molar-refractivity contribution in [3.05, 3.63) is 52.6 Å². The topological polar surface area (TPSA) is 615 Å². The number of phenolic OH excluding ortho intramolecular Hbond substituents is 8. The van der Waals surface area contributed by atoms with Crippen LogP contribution in [0.5, 0.6) is 51.7 Å². The second-order valence-corrected chi connectivity index (χ2v) is 16.6. The average molecular weight is 1060 g/mol. The molecule has 27 N–H and O–H groups in total. The van der Waals surface area contributed by atoms with Gasteiger partial charge in [0.15, 0.2) is 28.7 Å². The van der Waals surface area contributed by atoms with Crippen molar-refractivity contribution in [1.82, 2.24) is 15.5 Å². The lowest BCUT2D eigenvalue weighted by Crippen LogP contribution is -2.64. The number of epoxide rings is 1. The molecule has 34 heteroatoms. The molecule has 2 heterocycles. The molecule has 3 aromatic rings. The Morgan fingerprint density at radius 1 is 0.712 bits per heavy atom. The molecule has 0 bridgehead atoms. The summed E-state index contributed by atoms with van der Waals surface area (Å²) in [5, 5.41) is 262. The second kappa shape index (κ2) is 19.7. The van der Waals surface area contributed by atoms with Crippen molar-refractivity contribution in [3.8, 4) is 51.7 Å². The number of hydrogen-bond donors (Lipinski definition) is 27. The molecule has 0 radical (unpaired) electrons. The van der Waals surface area contributed by atoms with Gasteiger partial charge in [0.2, 0.25) is 47.0 Å². The van der Waals surface area contributed by atoms with E-state index in [4.69, 9.17) is 9.47 Å². The van der Waals surface area contributed by atoms with Crippen LogP contribution in [0.15, 0.2) is 30.3 Å². The fourth-order valence-corrected chi connectivity index (χ4v) is 7.71. The second-order valence-electron chi connectivity index (χ2n) is 16.6. The van der Waals surface area contributed by atoms with Gasteiger partial charge >= 0.3 is 35.9 Å². The van der Waals surface area contributed by atoms with Crippen LogP contribution in [0.2, 0.25) is 0 Å². The van der Waals surface area contributed by atoms with E-state index in [1.54, 1.807) is 0 Å². The van der Waals surface area contributed by atoms with Crippen LogP contribution < -0.4 is 15.4 Å². The Balaban J connectivity index is 1.64. The van der Waals surface area contributed by atoms with Gasteiger partial charge in [-0.05, 0) is 30.7 Å². The highest BCUT2D eigenvalue weighted by Crippen LogP contribution is 2.56. The number of nitrogens with zero attached hydrogens (tertiary/aromatic N) is 1. The molecule has 0 spiro atoms. The molecule has 3 amide bonds. The van der Waals surface area contributed by atoms with E-state index in [1.165, 1.54) is 30.3 Å². The maximum atomic E-state index is 14.5. The summed E-state index contributed by atoms with van der Waals surface area (Å²) in [4.78, 5) is 42.0. The molecule has 5 atom stereocenters. The third kappa shape index (κ3) is 11.4. The van der Waals surface area contributed by atoms with Crippen molar-refractivity contribution in [3.63, 3.8) is 0 Å². The largest absolute Gasteiger partial charge is 0.504 e. The van der Waals surface area contributed by atoms with Gasteiger partial charge in [-0.3, -0.25) is 14.5 Å². The summed E-state index contributed by atoms with van der Waals surface area (Å²) in [5.41, 5.74) is -9.08. The van der Waals surface area contributed by atoms with Crippen LogP contribution in [-0.4, -0.2) is 212 Å². The number of carbonyl (C=O) groups is 3. The Morgan fingerprint density at radius 3 is 1.64 bits per heavy atom. The third-order valence-corrected chi connectivity index (χ3v) is 11.3. The zero-order chi connectivity index (χ0) is 55.5. The number of aliphatic hydroxyl groups is 17. The van der Waals surface area contributed by atoms with E-state index in [-0.39, 0.29) is 18.5 Å². The molecule has 5 rings (SSSR count). The number of aliphatic hydroxyl groups excluding tert-OH is 1. The van der Waals surface area contributed by atoms with Gasteiger partial charge in [0, 0.05) is 19.5 Å². The average Bonchev–Trinajstić information content (AvgIpc) is 3.99. The normalized spacial score (nSPS) is 19.3. The van der Waals surface area contributed by atoms with Crippen molar-refractivity contribution in [2.75, 3.05) is 13.1 Å². The van der Waals surface area contributed by atoms with Crippen molar-refractivity contribution in [2.45, 2.75) is 91.6 Å². The lowest BCUT2D eigenvalue weighted by molar-refractivity contribution is -0.461. The lowest BCUT2D eigenvalue weighted by Gasteiger charge is -2.38. The molecular formula is C39H49N3O31. The number of urea groups is 1. The summed E-state index contributed by atoms with van der Waals surface area (Å²) < 4.78 is 14.7. The van der Waals surface area contributed by atoms with Gasteiger partial charge in [-0.1, -0.05) is 30.3 Å². The number of ketones is 1. The number of ether oxygens (including phenoxy) is 3. The molecular weight excluding hydrogens is 1010 g/mol. The first-order valence-corrected chi connectivity index (χ1v) is 20.5. The highest BCUT2D eigenvalue weighted by Gasteiger charge is 2.73. The number of benzene rings is 3.